The van der Waals surface area contributed by atoms with Crippen LogP contribution in [0.3, 0.4) is 0 Å². The third-order valence-corrected chi connectivity index (χ3v) is 4.36. The zero-order valence-corrected chi connectivity index (χ0v) is 14.0. The van der Waals surface area contributed by atoms with Gasteiger partial charge in [0.15, 0.2) is 0 Å². The molecule has 2 atom stereocenters. The number of amides is 1. The average Bonchev–Trinajstić information content (AvgIpc) is 3.09. The van der Waals surface area contributed by atoms with E-state index in [-0.39, 0.29) is 29.2 Å². The standard InChI is InChI=1S/C19H22N2O3/c1-12-5-3-6-14(11-12)16-9-8-15(19(23)21-16)18(22)20-13(2)17-7-4-10-24-17/h3,5-6,8-9,11,13,17H,4,7,10H2,1-2H3,(H,20,22)(H,21,23)/t13-,17+/m1/s1. The molecule has 24 heavy (non-hydrogen) atoms. The number of carbonyl (C=O) groups is 1. The molecule has 1 amide bonds. The molecule has 1 aromatic heterocycles. The van der Waals surface area contributed by atoms with Crippen LogP contribution >= 0.6 is 0 Å². The fourth-order valence-corrected chi connectivity index (χ4v) is 3.01. The molecule has 0 aliphatic carbocycles. The minimum Gasteiger partial charge on any atom is -0.376 e. The molecule has 5 nitrogen and oxygen atoms in total. The van der Waals surface area contributed by atoms with Gasteiger partial charge in [0.1, 0.15) is 5.56 Å². The van der Waals surface area contributed by atoms with Gasteiger partial charge in [0.05, 0.1) is 12.1 Å². The molecule has 0 radical (unpaired) electrons. The number of benzene rings is 1. The molecule has 1 aliphatic heterocycles. The van der Waals surface area contributed by atoms with Crippen LogP contribution in [0.4, 0.5) is 0 Å². The largest absolute Gasteiger partial charge is 0.376 e. The highest BCUT2D eigenvalue weighted by Crippen LogP contribution is 2.18. The number of ether oxygens (including phenoxy) is 1. The maximum absolute atomic E-state index is 12.3. The highest BCUT2D eigenvalue weighted by Gasteiger charge is 2.24. The van der Waals surface area contributed by atoms with Crippen LogP contribution in [0, 0.1) is 6.92 Å². The van der Waals surface area contributed by atoms with Crippen LogP contribution in [0.25, 0.3) is 11.3 Å². The summed E-state index contributed by atoms with van der Waals surface area (Å²) in [4.78, 5) is 27.4. The Balaban J connectivity index is 1.77. The lowest BCUT2D eigenvalue weighted by molar-refractivity contribution is 0.0711. The molecule has 0 unspecified atom stereocenters. The summed E-state index contributed by atoms with van der Waals surface area (Å²) in [6, 6.07) is 11.1. The molecule has 1 fully saturated rings. The van der Waals surface area contributed by atoms with E-state index in [0.29, 0.717) is 5.69 Å². The summed E-state index contributed by atoms with van der Waals surface area (Å²) in [5.41, 5.74) is 2.47. The van der Waals surface area contributed by atoms with Crippen LogP contribution in [0.2, 0.25) is 0 Å². The number of carbonyl (C=O) groups excluding carboxylic acids is 1. The maximum atomic E-state index is 12.3. The Morgan fingerprint density at radius 3 is 2.83 bits per heavy atom. The first-order chi connectivity index (χ1) is 11.5. The minimum atomic E-state index is -0.383. The average molecular weight is 326 g/mol. The second-order valence-corrected chi connectivity index (χ2v) is 6.30. The molecule has 2 N–H and O–H groups in total. The van der Waals surface area contributed by atoms with E-state index in [1.165, 1.54) is 0 Å². The Hall–Kier alpha value is -2.40. The third-order valence-electron chi connectivity index (χ3n) is 4.36. The van der Waals surface area contributed by atoms with Crippen molar-refractivity contribution in [2.75, 3.05) is 6.61 Å². The van der Waals surface area contributed by atoms with Crippen molar-refractivity contribution in [2.24, 2.45) is 0 Å². The Labute approximate surface area is 141 Å². The molecule has 2 heterocycles. The third kappa shape index (κ3) is 3.57. The molecular weight excluding hydrogens is 304 g/mol. The van der Waals surface area contributed by atoms with Gasteiger partial charge in [-0.2, -0.15) is 0 Å². The number of aromatic amines is 1. The molecule has 5 heteroatoms. The Morgan fingerprint density at radius 2 is 2.17 bits per heavy atom. The summed E-state index contributed by atoms with van der Waals surface area (Å²) in [7, 11) is 0. The topological polar surface area (TPSA) is 71.2 Å². The number of aryl methyl sites for hydroxylation is 1. The van der Waals surface area contributed by atoms with E-state index in [4.69, 9.17) is 4.74 Å². The van der Waals surface area contributed by atoms with Crippen molar-refractivity contribution in [1.29, 1.82) is 0 Å². The van der Waals surface area contributed by atoms with Gasteiger partial charge in [-0.1, -0.05) is 23.8 Å². The van der Waals surface area contributed by atoms with Crippen molar-refractivity contribution in [3.8, 4) is 11.3 Å². The molecule has 1 aliphatic rings. The van der Waals surface area contributed by atoms with E-state index in [1.807, 2.05) is 38.1 Å². The number of pyridine rings is 1. The van der Waals surface area contributed by atoms with Crippen molar-refractivity contribution in [2.45, 2.75) is 38.8 Å². The first kappa shape index (κ1) is 16.5. The van der Waals surface area contributed by atoms with Crippen LogP contribution in [0.15, 0.2) is 41.2 Å². The SMILES string of the molecule is Cc1cccc(-c2ccc(C(=O)N[C@H](C)[C@@H]3CCCO3)c(=O)[nH]2)c1. The summed E-state index contributed by atoms with van der Waals surface area (Å²) in [6.07, 6.45) is 1.97. The first-order valence-corrected chi connectivity index (χ1v) is 8.27. The van der Waals surface area contributed by atoms with Gasteiger partial charge in [-0.25, -0.2) is 0 Å². The van der Waals surface area contributed by atoms with Crippen LogP contribution in [0.1, 0.15) is 35.7 Å². The van der Waals surface area contributed by atoms with Gasteiger partial charge in [-0.3, -0.25) is 9.59 Å². The van der Waals surface area contributed by atoms with Gasteiger partial charge in [0, 0.05) is 12.3 Å². The number of hydrogen-bond acceptors (Lipinski definition) is 3. The summed E-state index contributed by atoms with van der Waals surface area (Å²) < 4.78 is 5.57. The van der Waals surface area contributed by atoms with Crippen LogP contribution < -0.4 is 10.9 Å². The second kappa shape index (κ2) is 7.01. The van der Waals surface area contributed by atoms with Gasteiger partial charge in [0.2, 0.25) is 0 Å². The molecule has 3 rings (SSSR count). The monoisotopic (exact) mass is 326 g/mol. The summed E-state index contributed by atoms with van der Waals surface area (Å²) in [5.74, 6) is -0.366. The van der Waals surface area contributed by atoms with Crippen LogP contribution in [-0.2, 0) is 4.74 Å². The van der Waals surface area contributed by atoms with Crippen molar-refractivity contribution in [3.63, 3.8) is 0 Å². The number of aromatic nitrogens is 1. The van der Waals surface area contributed by atoms with Crippen molar-refractivity contribution in [1.82, 2.24) is 10.3 Å². The smallest absolute Gasteiger partial charge is 0.261 e. The molecule has 1 saturated heterocycles. The predicted molar refractivity (Wildman–Crippen MR) is 93.1 cm³/mol. The summed E-state index contributed by atoms with van der Waals surface area (Å²) in [6.45, 7) is 4.63. The van der Waals surface area contributed by atoms with Crippen LogP contribution in [0.5, 0.6) is 0 Å². The maximum Gasteiger partial charge on any atom is 0.261 e. The van der Waals surface area contributed by atoms with E-state index in [1.54, 1.807) is 12.1 Å². The number of H-pyrrole nitrogens is 1. The van der Waals surface area contributed by atoms with Crippen LogP contribution in [-0.4, -0.2) is 29.6 Å². The van der Waals surface area contributed by atoms with Crippen molar-refractivity contribution in [3.05, 3.63) is 57.9 Å². The van der Waals surface area contributed by atoms with Gasteiger partial charge in [0.25, 0.3) is 11.5 Å². The van der Waals surface area contributed by atoms with Crippen molar-refractivity contribution >= 4 is 5.91 Å². The van der Waals surface area contributed by atoms with Gasteiger partial charge >= 0.3 is 0 Å². The molecule has 126 valence electrons. The lowest BCUT2D eigenvalue weighted by Gasteiger charge is -2.19. The molecule has 0 saturated carbocycles. The number of hydrogen-bond donors (Lipinski definition) is 2. The lowest BCUT2D eigenvalue weighted by Crippen LogP contribution is -2.42. The fourth-order valence-electron chi connectivity index (χ4n) is 3.01. The lowest BCUT2D eigenvalue weighted by atomic mass is 10.1. The normalized spacial score (nSPS) is 18.3. The van der Waals surface area contributed by atoms with E-state index in [0.717, 1.165) is 30.6 Å². The van der Waals surface area contributed by atoms with E-state index < -0.39 is 0 Å². The summed E-state index contributed by atoms with van der Waals surface area (Å²) >= 11 is 0. The molecular formula is C19H22N2O3. The highest BCUT2D eigenvalue weighted by molar-refractivity contribution is 5.94. The van der Waals surface area contributed by atoms with Gasteiger partial charge < -0.3 is 15.0 Å². The van der Waals surface area contributed by atoms with E-state index in [2.05, 4.69) is 10.3 Å². The summed E-state index contributed by atoms with van der Waals surface area (Å²) in [5, 5.41) is 2.86. The zero-order valence-electron chi connectivity index (χ0n) is 14.0. The number of nitrogens with one attached hydrogen (secondary N) is 2. The highest BCUT2D eigenvalue weighted by atomic mass is 16.5. The number of rotatable bonds is 4. The van der Waals surface area contributed by atoms with Crippen molar-refractivity contribution < 1.29 is 9.53 Å². The fraction of sp³-hybridized carbons (Fsp3) is 0.368. The first-order valence-electron chi connectivity index (χ1n) is 8.27. The van der Waals surface area contributed by atoms with E-state index >= 15 is 0 Å². The molecule has 0 bridgehead atoms. The molecule has 1 aromatic carbocycles. The predicted octanol–water partition coefficient (Wildman–Crippen LogP) is 2.65. The quantitative estimate of drug-likeness (QED) is 0.907. The minimum absolute atomic E-state index is 0.0274. The zero-order chi connectivity index (χ0) is 17.1. The Bertz CT molecular complexity index is 791. The Morgan fingerprint density at radius 1 is 1.33 bits per heavy atom. The molecule has 0 spiro atoms. The van der Waals surface area contributed by atoms with Gasteiger partial charge in [-0.05, 0) is 50.5 Å². The van der Waals surface area contributed by atoms with Gasteiger partial charge in [-0.15, -0.1) is 0 Å². The molecule has 2 aromatic rings. The van der Waals surface area contributed by atoms with E-state index in [9.17, 15) is 9.59 Å². The second-order valence-electron chi connectivity index (χ2n) is 6.30. The Kier molecular flexibility index (Phi) is 4.81.